The average Bonchev–Trinajstić information content (AvgIpc) is 2.52. The third-order valence-electron chi connectivity index (χ3n) is 2.61. The zero-order chi connectivity index (χ0) is 13.3. The molecule has 2 rings (SSSR count). The minimum atomic E-state index is -0.776. The summed E-state index contributed by atoms with van der Waals surface area (Å²) >= 11 is 0. The van der Waals surface area contributed by atoms with Crippen molar-refractivity contribution in [3.63, 3.8) is 0 Å². The maximum absolute atomic E-state index is 11.7. The molecule has 1 aromatic carbocycles. The van der Waals surface area contributed by atoms with Gasteiger partial charge in [0.15, 0.2) is 0 Å². The highest BCUT2D eigenvalue weighted by Crippen LogP contribution is 2.24. The number of amides is 3. The summed E-state index contributed by atoms with van der Waals surface area (Å²) in [5, 5.41) is 2.59. The predicted molar refractivity (Wildman–Crippen MR) is 65.8 cm³/mol. The Hall–Kier alpha value is -2.21. The van der Waals surface area contributed by atoms with Gasteiger partial charge in [-0.05, 0) is 18.2 Å². The molecule has 3 N–H and O–H groups in total. The number of hydrogen-bond acceptors (Lipinski definition) is 4. The summed E-state index contributed by atoms with van der Waals surface area (Å²) in [5.74, 6) is -0.963. The van der Waals surface area contributed by atoms with Gasteiger partial charge in [0.05, 0.1) is 18.2 Å². The first-order chi connectivity index (χ1) is 8.49. The maximum atomic E-state index is 11.7. The molecule has 1 heterocycles. The Balaban J connectivity index is 2.31. The molecule has 6 nitrogen and oxygen atoms in total. The maximum Gasteiger partial charge on any atom is 0.251 e. The van der Waals surface area contributed by atoms with Crippen LogP contribution < -0.4 is 16.0 Å². The van der Waals surface area contributed by atoms with E-state index >= 15 is 0 Å². The summed E-state index contributed by atoms with van der Waals surface area (Å²) in [6.07, 6.45) is 0.0171. The van der Waals surface area contributed by atoms with Crippen LogP contribution in [0.5, 0.6) is 0 Å². The van der Waals surface area contributed by atoms with Gasteiger partial charge in [0, 0.05) is 12.6 Å². The standard InChI is InChI=1S/C12H13N3O3/c1-7(16)14-8-3-2-4-9(5-8)15-11(17)6-10(13)12(15)18/h2-5,10H,6,13H2,1H3,(H,14,16)/t10-/m0/s1. The van der Waals surface area contributed by atoms with Crippen LogP contribution in [-0.2, 0) is 14.4 Å². The van der Waals surface area contributed by atoms with Gasteiger partial charge in [-0.25, -0.2) is 4.90 Å². The number of benzene rings is 1. The highest BCUT2D eigenvalue weighted by molar-refractivity contribution is 6.22. The van der Waals surface area contributed by atoms with E-state index in [-0.39, 0.29) is 18.2 Å². The lowest BCUT2D eigenvalue weighted by atomic mass is 10.2. The van der Waals surface area contributed by atoms with Crippen LogP contribution in [0.25, 0.3) is 0 Å². The molecule has 0 saturated carbocycles. The molecule has 0 aromatic heterocycles. The van der Waals surface area contributed by atoms with E-state index in [1.54, 1.807) is 24.3 Å². The van der Waals surface area contributed by atoms with Crippen LogP contribution in [0, 0.1) is 0 Å². The van der Waals surface area contributed by atoms with Crippen LogP contribution in [0.3, 0.4) is 0 Å². The van der Waals surface area contributed by atoms with Crippen molar-refractivity contribution < 1.29 is 14.4 Å². The fourth-order valence-electron chi connectivity index (χ4n) is 1.85. The van der Waals surface area contributed by atoms with Crippen LogP contribution in [0.4, 0.5) is 11.4 Å². The quantitative estimate of drug-likeness (QED) is 0.732. The number of carbonyl (C=O) groups excluding carboxylic acids is 3. The molecule has 1 saturated heterocycles. The number of rotatable bonds is 2. The number of imide groups is 1. The van der Waals surface area contributed by atoms with Crippen LogP contribution in [0.1, 0.15) is 13.3 Å². The van der Waals surface area contributed by atoms with Gasteiger partial charge in [0.2, 0.25) is 11.8 Å². The van der Waals surface area contributed by atoms with E-state index in [0.717, 1.165) is 4.90 Å². The summed E-state index contributed by atoms with van der Waals surface area (Å²) in [5.41, 5.74) is 6.48. The van der Waals surface area contributed by atoms with Gasteiger partial charge in [0.25, 0.3) is 5.91 Å². The van der Waals surface area contributed by atoms with Gasteiger partial charge >= 0.3 is 0 Å². The molecule has 18 heavy (non-hydrogen) atoms. The molecule has 0 radical (unpaired) electrons. The highest BCUT2D eigenvalue weighted by atomic mass is 16.2. The van der Waals surface area contributed by atoms with Crippen molar-refractivity contribution in [1.82, 2.24) is 0 Å². The lowest BCUT2D eigenvalue weighted by Gasteiger charge is -2.15. The van der Waals surface area contributed by atoms with Gasteiger partial charge in [0.1, 0.15) is 0 Å². The first-order valence-corrected chi connectivity index (χ1v) is 5.49. The van der Waals surface area contributed by atoms with E-state index in [4.69, 9.17) is 5.73 Å². The molecule has 1 aliphatic heterocycles. The zero-order valence-corrected chi connectivity index (χ0v) is 9.84. The van der Waals surface area contributed by atoms with Crippen LogP contribution in [0.15, 0.2) is 24.3 Å². The number of nitrogens with one attached hydrogen (secondary N) is 1. The van der Waals surface area contributed by atoms with E-state index in [2.05, 4.69) is 5.32 Å². The van der Waals surface area contributed by atoms with E-state index in [1.165, 1.54) is 6.92 Å². The molecule has 3 amide bonds. The normalized spacial score (nSPS) is 19.2. The molecule has 0 spiro atoms. The van der Waals surface area contributed by atoms with Crippen LogP contribution in [0.2, 0.25) is 0 Å². The lowest BCUT2D eigenvalue weighted by molar-refractivity contribution is -0.121. The number of hydrogen-bond donors (Lipinski definition) is 2. The SMILES string of the molecule is CC(=O)Nc1cccc(N2C(=O)C[C@H](N)C2=O)c1. The summed E-state index contributed by atoms with van der Waals surface area (Å²) in [6, 6.07) is 5.75. The van der Waals surface area contributed by atoms with Crippen molar-refractivity contribution in [3.05, 3.63) is 24.3 Å². The monoisotopic (exact) mass is 247 g/mol. The molecule has 0 bridgehead atoms. The summed E-state index contributed by atoms with van der Waals surface area (Å²) < 4.78 is 0. The second-order valence-corrected chi connectivity index (χ2v) is 4.11. The third kappa shape index (κ3) is 2.23. The minimum Gasteiger partial charge on any atom is -0.326 e. The molecule has 1 aliphatic rings. The van der Waals surface area contributed by atoms with E-state index < -0.39 is 11.9 Å². The second-order valence-electron chi connectivity index (χ2n) is 4.11. The van der Waals surface area contributed by atoms with Crippen molar-refractivity contribution in [2.75, 3.05) is 10.2 Å². The largest absolute Gasteiger partial charge is 0.326 e. The fraction of sp³-hybridized carbons (Fsp3) is 0.250. The summed E-state index contributed by atoms with van der Waals surface area (Å²) in [6.45, 7) is 1.38. The van der Waals surface area contributed by atoms with Crippen molar-refractivity contribution in [1.29, 1.82) is 0 Å². The Morgan fingerprint density at radius 1 is 1.44 bits per heavy atom. The number of carbonyl (C=O) groups is 3. The van der Waals surface area contributed by atoms with Gasteiger partial charge < -0.3 is 11.1 Å². The second kappa shape index (κ2) is 4.58. The van der Waals surface area contributed by atoms with Crippen molar-refractivity contribution >= 4 is 29.1 Å². The van der Waals surface area contributed by atoms with Crippen LogP contribution in [-0.4, -0.2) is 23.8 Å². The minimum absolute atomic E-state index is 0.0171. The van der Waals surface area contributed by atoms with Crippen molar-refractivity contribution in [2.24, 2.45) is 5.73 Å². The molecule has 0 aliphatic carbocycles. The Morgan fingerprint density at radius 2 is 2.17 bits per heavy atom. The molecule has 1 aromatic rings. The number of anilines is 2. The molecular formula is C12H13N3O3. The fourth-order valence-corrected chi connectivity index (χ4v) is 1.85. The number of nitrogens with zero attached hydrogens (tertiary/aromatic N) is 1. The first-order valence-electron chi connectivity index (χ1n) is 5.49. The van der Waals surface area contributed by atoms with E-state index in [1.807, 2.05) is 0 Å². The number of nitrogens with two attached hydrogens (primary N) is 1. The molecule has 6 heteroatoms. The molecule has 1 atom stereocenters. The zero-order valence-electron chi connectivity index (χ0n) is 9.84. The molecular weight excluding hydrogens is 234 g/mol. The molecule has 0 unspecified atom stereocenters. The van der Waals surface area contributed by atoms with Gasteiger partial charge in [-0.15, -0.1) is 0 Å². The molecule has 1 fully saturated rings. The highest BCUT2D eigenvalue weighted by Gasteiger charge is 2.37. The first kappa shape index (κ1) is 12.3. The topological polar surface area (TPSA) is 92.5 Å². The smallest absolute Gasteiger partial charge is 0.251 e. The third-order valence-corrected chi connectivity index (χ3v) is 2.61. The van der Waals surface area contributed by atoms with E-state index in [9.17, 15) is 14.4 Å². The molecule has 94 valence electrons. The lowest BCUT2D eigenvalue weighted by Crippen LogP contribution is -2.35. The van der Waals surface area contributed by atoms with Gasteiger partial charge in [-0.2, -0.15) is 0 Å². The predicted octanol–water partition coefficient (Wildman–Crippen LogP) is 0.236. The van der Waals surface area contributed by atoms with E-state index in [0.29, 0.717) is 11.4 Å². The Bertz CT molecular complexity index is 527. The summed E-state index contributed by atoms with van der Waals surface area (Å²) in [7, 11) is 0. The Morgan fingerprint density at radius 3 is 2.72 bits per heavy atom. The van der Waals surface area contributed by atoms with Gasteiger partial charge in [-0.1, -0.05) is 6.07 Å². The van der Waals surface area contributed by atoms with Crippen LogP contribution >= 0.6 is 0 Å². The van der Waals surface area contributed by atoms with Crippen molar-refractivity contribution in [2.45, 2.75) is 19.4 Å². The average molecular weight is 247 g/mol. The summed E-state index contributed by atoms with van der Waals surface area (Å²) in [4.78, 5) is 35.4. The Kier molecular flexibility index (Phi) is 3.12. The Labute approximate surface area is 104 Å². The van der Waals surface area contributed by atoms with Crippen molar-refractivity contribution in [3.8, 4) is 0 Å². The van der Waals surface area contributed by atoms with Gasteiger partial charge in [-0.3, -0.25) is 14.4 Å².